The highest BCUT2D eigenvalue weighted by Crippen LogP contribution is 2.26. The molecule has 0 saturated heterocycles. The van der Waals surface area contributed by atoms with Crippen LogP contribution in [0.15, 0.2) is 59.7 Å². The number of hydrazone groups is 1. The van der Waals surface area contributed by atoms with Crippen LogP contribution >= 0.6 is 23.2 Å². The lowest BCUT2D eigenvalue weighted by molar-refractivity contribution is 0.0955. The number of ether oxygens (including phenoxy) is 1. The maximum Gasteiger partial charge on any atom is 0.272 e. The van der Waals surface area contributed by atoms with Gasteiger partial charge < -0.3 is 4.74 Å². The predicted molar refractivity (Wildman–Crippen MR) is 102 cm³/mol. The largest absolute Gasteiger partial charge is 0.496 e. The van der Waals surface area contributed by atoms with E-state index in [9.17, 15) is 4.79 Å². The summed E-state index contributed by atoms with van der Waals surface area (Å²) >= 11 is 11.9. The van der Waals surface area contributed by atoms with Crippen molar-refractivity contribution in [1.29, 1.82) is 0 Å². The average Bonchev–Trinajstić information content (AvgIpc) is 2.61. The lowest BCUT2D eigenvalue weighted by Crippen LogP contribution is -2.18. The number of carbonyl (C=O) groups is 1. The smallest absolute Gasteiger partial charge is 0.272 e. The van der Waals surface area contributed by atoms with E-state index in [1.807, 2.05) is 36.4 Å². The number of fused-ring (bicyclic) bond motifs is 1. The van der Waals surface area contributed by atoms with E-state index in [-0.39, 0.29) is 5.02 Å². The number of nitrogens with one attached hydrogen (secondary N) is 1. The van der Waals surface area contributed by atoms with E-state index in [2.05, 4.69) is 10.5 Å². The maximum absolute atomic E-state index is 12.2. The summed E-state index contributed by atoms with van der Waals surface area (Å²) in [6.07, 6.45) is 1.56. The van der Waals surface area contributed by atoms with Gasteiger partial charge in [-0.05, 0) is 35.0 Å². The van der Waals surface area contributed by atoms with Crippen molar-refractivity contribution in [3.8, 4) is 5.75 Å². The molecule has 3 rings (SSSR count). The zero-order valence-corrected chi connectivity index (χ0v) is 14.8. The molecule has 1 N–H and O–H groups in total. The molecule has 6 heteroatoms. The third-order valence-electron chi connectivity index (χ3n) is 3.69. The second-order valence-corrected chi connectivity index (χ2v) is 6.07. The minimum absolute atomic E-state index is 0.267. The molecule has 3 aromatic rings. The van der Waals surface area contributed by atoms with E-state index in [0.29, 0.717) is 16.3 Å². The fourth-order valence-corrected chi connectivity index (χ4v) is 2.97. The Morgan fingerprint density at radius 1 is 1.12 bits per heavy atom. The number of halogens is 2. The maximum atomic E-state index is 12.2. The van der Waals surface area contributed by atoms with Crippen molar-refractivity contribution in [2.24, 2.45) is 5.10 Å². The summed E-state index contributed by atoms with van der Waals surface area (Å²) in [6, 6.07) is 16.4. The van der Waals surface area contributed by atoms with Gasteiger partial charge in [0, 0.05) is 10.6 Å². The lowest BCUT2D eigenvalue weighted by Gasteiger charge is -2.08. The highest BCUT2D eigenvalue weighted by Gasteiger charge is 2.10. The van der Waals surface area contributed by atoms with Crippen LogP contribution < -0.4 is 10.2 Å². The van der Waals surface area contributed by atoms with Crippen LogP contribution in [0.2, 0.25) is 10.0 Å². The lowest BCUT2D eigenvalue weighted by atomic mass is 10.0. The van der Waals surface area contributed by atoms with E-state index < -0.39 is 5.91 Å². The topological polar surface area (TPSA) is 50.7 Å². The van der Waals surface area contributed by atoms with Crippen LogP contribution in [0.25, 0.3) is 10.8 Å². The first-order chi connectivity index (χ1) is 12.1. The van der Waals surface area contributed by atoms with Gasteiger partial charge in [0.05, 0.1) is 23.9 Å². The Labute approximate surface area is 155 Å². The molecule has 0 radical (unpaired) electrons. The Balaban J connectivity index is 1.87. The zero-order chi connectivity index (χ0) is 17.8. The van der Waals surface area contributed by atoms with Gasteiger partial charge in [-0.2, -0.15) is 5.10 Å². The fourth-order valence-electron chi connectivity index (χ4n) is 2.48. The molecule has 0 fully saturated rings. The third-order valence-corrected chi connectivity index (χ3v) is 4.23. The zero-order valence-electron chi connectivity index (χ0n) is 13.3. The molecule has 0 bridgehead atoms. The van der Waals surface area contributed by atoms with Gasteiger partial charge in [0.25, 0.3) is 5.91 Å². The molecule has 1 amide bonds. The van der Waals surface area contributed by atoms with Gasteiger partial charge in [-0.1, -0.05) is 53.5 Å². The first-order valence-electron chi connectivity index (χ1n) is 7.44. The normalized spacial score (nSPS) is 11.0. The van der Waals surface area contributed by atoms with Gasteiger partial charge in [-0.3, -0.25) is 4.79 Å². The van der Waals surface area contributed by atoms with Gasteiger partial charge in [-0.15, -0.1) is 0 Å². The summed E-state index contributed by atoms with van der Waals surface area (Å²) in [7, 11) is 1.59. The summed E-state index contributed by atoms with van der Waals surface area (Å²) in [4.78, 5) is 12.2. The Morgan fingerprint density at radius 2 is 1.92 bits per heavy atom. The second-order valence-electron chi connectivity index (χ2n) is 5.23. The Bertz CT molecular complexity index is 971. The number of rotatable bonds is 4. The van der Waals surface area contributed by atoms with Crippen LogP contribution in [0.3, 0.4) is 0 Å². The monoisotopic (exact) mass is 372 g/mol. The van der Waals surface area contributed by atoms with Crippen LogP contribution in [0.4, 0.5) is 0 Å². The highest BCUT2D eigenvalue weighted by atomic mass is 35.5. The minimum atomic E-state index is -0.419. The molecule has 0 atom stereocenters. The van der Waals surface area contributed by atoms with E-state index in [1.54, 1.807) is 25.5 Å². The Kier molecular flexibility index (Phi) is 5.22. The molecule has 3 aromatic carbocycles. The van der Waals surface area contributed by atoms with Crippen LogP contribution in [0.1, 0.15) is 15.9 Å². The highest BCUT2D eigenvalue weighted by molar-refractivity contribution is 6.36. The standard InChI is InChI=1S/C19H14Cl2N2O2/c1-25-18-9-6-12-4-2-3-5-14(12)16(18)11-22-23-19(24)15-8-7-13(20)10-17(15)21/h2-11H,1H3,(H,23,24)/b22-11+. The molecule has 4 nitrogen and oxygen atoms in total. The number of carbonyl (C=O) groups excluding carboxylic acids is 1. The number of nitrogens with zero attached hydrogens (tertiary/aromatic N) is 1. The Hall–Kier alpha value is -2.56. The third kappa shape index (κ3) is 3.76. The van der Waals surface area contributed by atoms with Gasteiger partial charge in [-0.25, -0.2) is 5.43 Å². The number of methoxy groups -OCH3 is 1. The van der Waals surface area contributed by atoms with Crippen molar-refractivity contribution in [3.63, 3.8) is 0 Å². The minimum Gasteiger partial charge on any atom is -0.496 e. The second kappa shape index (κ2) is 7.55. The number of hydrogen-bond acceptors (Lipinski definition) is 3. The molecular formula is C19H14Cl2N2O2. The average molecular weight is 373 g/mol. The predicted octanol–water partition coefficient (Wildman–Crippen LogP) is 4.92. The van der Waals surface area contributed by atoms with E-state index in [1.165, 1.54) is 6.07 Å². The molecule has 0 aliphatic heterocycles. The van der Waals surface area contributed by atoms with Crippen LogP contribution in [-0.2, 0) is 0 Å². The molecule has 0 aliphatic carbocycles. The van der Waals surface area contributed by atoms with E-state index >= 15 is 0 Å². The number of hydrogen-bond donors (Lipinski definition) is 1. The summed E-state index contributed by atoms with van der Waals surface area (Å²) in [5.41, 5.74) is 3.55. The van der Waals surface area contributed by atoms with Crippen molar-refractivity contribution in [3.05, 3.63) is 75.8 Å². The molecule has 0 heterocycles. The molecule has 126 valence electrons. The van der Waals surface area contributed by atoms with Gasteiger partial charge in [0.2, 0.25) is 0 Å². The summed E-state index contributed by atoms with van der Waals surface area (Å²) in [5, 5.41) is 6.80. The number of amides is 1. The van der Waals surface area contributed by atoms with Gasteiger partial charge in [0.15, 0.2) is 0 Å². The van der Waals surface area contributed by atoms with Gasteiger partial charge in [0.1, 0.15) is 5.75 Å². The molecule has 0 saturated carbocycles. The van der Waals surface area contributed by atoms with Crippen LogP contribution in [-0.4, -0.2) is 19.2 Å². The van der Waals surface area contributed by atoms with E-state index in [4.69, 9.17) is 27.9 Å². The van der Waals surface area contributed by atoms with Crippen molar-refractivity contribution < 1.29 is 9.53 Å². The van der Waals surface area contributed by atoms with Crippen LogP contribution in [0, 0.1) is 0 Å². The van der Waals surface area contributed by atoms with Crippen molar-refractivity contribution >= 4 is 46.1 Å². The molecule has 0 aliphatic rings. The summed E-state index contributed by atoms with van der Waals surface area (Å²) in [5.74, 6) is 0.248. The van der Waals surface area contributed by atoms with Crippen LogP contribution in [0.5, 0.6) is 5.75 Å². The fraction of sp³-hybridized carbons (Fsp3) is 0.0526. The number of benzene rings is 3. The Morgan fingerprint density at radius 3 is 2.68 bits per heavy atom. The summed E-state index contributed by atoms with van der Waals surface area (Å²) in [6.45, 7) is 0. The molecule has 0 spiro atoms. The molecule has 25 heavy (non-hydrogen) atoms. The first kappa shape index (κ1) is 17.3. The van der Waals surface area contributed by atoms with E-state index in [0.717, 1.165) is 16.3 Å². The van der Waals surface area contributed by atoms with Crippen molar-refractivity contribution in [1.82, 2.24) is 5.43 Å². The molecule has 0 aromatic heterocycles. The quantitative estimate of drug-likeness (QED) is 0.521. The van der Waals surface area contributed by atoms with Gasteiger partial charge >= 0.3 is 0 Å². The van der Waals surface area contributed by atoms with Crippen molar-refractivity contribution in [2.75, 3.05) is 7.11 Å². The molecule has 0 unspecified atom stereocenters. The molecular weight excluding hydrogens is 359 g/mol. The van der Waals surface area contributed by atoms with Crippen molar-refractivity contribution in [2.45, 2.75) is 0 Å². The summed E-state index contributed by atoms with van der Waals surface area (Å²) < 4.78 is 5.39. The first-order valence-corrected chi connectivity index (χ1v) is 8.20. The SMILES string of the molecule is COc1ccc2ccccc2c1/C=N/NC(=O)c1ccc(Cl)cc1Cl.